The molecule has 109 heavy (non-hydrogen) atoms. The Morgan fingerprint density at radius 2 is 0.853 bits per heavy atom. The van der Waals surface area contributed by atoms with Gasteiger partial charge >= 0.3 is 5.97 Å². The number of nitrogens with zero attached hydrogens (tertiary/aromatic N) is 6. The van der Waals surface area contributed by atoms with E-state index in [-0.39, 0.29) is 39.9 Å². The molecule has 9 heterocycles. The van der Waals surface area contributed by atoms with Crippen LogP contribution in [0.4, 0.5) is 0 Å². The molecule has 3 N–H and O–H groups in total. The van der Waals surface area contributed by atoms with Crippen molar-refractivity contribution in [2.24, 2.45) is 11.1 Å². The molecule has 9 fully saturated rings. The third-order valence-corrected chi connectivity index (χ3v) is 31.9. The number of phenols is 1. The normalized spacial score (nSPS) is 20.2. The summed E-state index contributed by atoms with van der Waals surface area (Å²) in [4.78, 5) is 59.8. The summed E-state index contributed by atoms with van der Waals surface area (Å²) in [6.45, 7) is 24.8. The molecule has 0 bridgehead atoms. The van der Waals surface area contributed by atoms with Gasteiger partial charge in [-0.3, -0.25) is 19.2 Å². The Bertz CT molecular complexity index is 3060. The number of benzene rings is 4. The van der Waals surface area contributed by atoms with E-state index in [1.165, 1.54) is 251 Å². The number of nitrogens with two attached hydrogens (primary N) is 1. The topological polar surface area (TPSA) is 149 Å². The molecule has 0 spiro atoms. The monoisotopic (exact) mass is 1650 g/mol. The van der Waals surface area contributed by atoms with E-state index in [2.05, 4.69) is 97.1 Å². The standard InChI is InChI=1S/C14H21NO3.C12H14O2S.C12H15OS.C12H17S.C11H22N2.C10H20N2.C10H19OS.C9H21N2.BrH/c1-14(2,3)18-13(16)12(15)9-10-5-7-11(17-4)8-6-10;13-11-5-3-10(4-6-11)12(14)9-15-7-1-2-8-15;13-12(10-14-8-4-5-9-14)11-6-2-1-3-7-11;1-2-6-12(7-3-1)8-11-13-9-4-5-10-13;1-12-9-5-11(6-10-12)13-7-3-2-4-8-13;1-11-8-4-10(5-9-11)12-6-2-3-7-12;1-10(2,3)9(11)8-12-6-4-5-7-12;1-10-7-5-9(6-8-10)11(2,3)4;/h5-8,12H,9,15H2,1-4H3;3-6H,1-2,7-9H2;1-3,6-7H,4-5,8-10H2;1-3,6-7H,4-5,8-11H2;11H,2-10H2,1H3;10H,2-9H2,1H3;4-8H2,1-3H3;9H,5-8H2,1-4H3;1H/q;;2*+1;;;2*+1;. The molecule has 614 valence electrons. The molecule has 1 atom stereocenters. The molecule has 14 nitrogen and oxygen atoms in total. The van der Waals surface area contributed by atoms with E-state index in [0.717, 1.165) is 67.4 Å². The zero-order valence-corrected chi connectivity index (χ0v) is 75.1. The second-order valence-electron chi connectivity index (χ2n) is 34.5. The van der Waals surface area contributed by atoms with Crippen molar-refractivity contribution in [3.63, 3.8) is 0 Å². The second-order valence-corrected chi connectivity index (χ2v) is 43.9. The molecule has 0 radical (unpaired) electrons. The second kappa shape index (κ2) is 52.2. The molecular weight excluding hydrogens is 1500 g/mol. The van der Waals surface area contributed by atoms with Crippen LogP contribution in [0.3, 0.4) is 0 Å². The third-order valence-electron chi connectivity index (χ3n) is 22.2. The van der Waals surface area contributed by atoms with Crippen molar-refractivity contribution in [2.45, 2.75) is 206 Å². The molecule has 9 aliphatic heterocycles. The van der Waals surface area contributed by atoms with Crippen molar-refractivity contribution >= 4 is 66.9 Å². The number of piperidine rings is 4. The van der Waals surface area contributed by atoms with Crippen molar-refractivity contribution in [1.29, 1.82) is 0 Å². The Morgan fingerprint density at radius 1 is 0.477 bits per heavy atom. The highest BCUT2D eigenvalue weighted by Gasteiger charge is 2.34. The molecule has 0 aliphatic carbocycles. The summed E-state index contributed by atoms with van der Waals surface area (Å²) < 4.78 is 11.4. The number of halogens is 1. The van der Waals surface area contributed by atoms with Crippen LogP contribution in [0, 0.1) is 5.41 Å². The third kappa shape index (κ3) is 40.1. The van der Waals surface area contributed by atoms with Gasteiger partial charge in [-0.2, -0.15) is 0 Å². The van der Waals surface area contributed by atoms with E-state index in [1.54, 1.807) is 31.4 Å². The highest BCUT2D eigenvalue weighted by molar-refractivity contribution is 7.98. The molecule has 19 heteroatoms. The van der Waals surface area contributed by atoms with Gasteiger partial charge in [0.1, 0.15) is 74.9 Å². The van der Waals surface area contributed by atoms with E-state index >= 15 is 0 Å². The number of Topliss-reactive ketones (excluding diaryl/α,β-unsaturated/α-hetero) is 3. The first-order valence-corrected chi connectivity index (χ1v) is 48.5. The maximum atomic E-state index is 11.8. The lowest BCUT2D eigenvalue weighted by Gasteiger charge is -2.39. The molecule has 0 aromatic heterocycles. The Labute approximate surface area is 685 Å². The summed E-state index contributed by atoms with van der Waals surface area (Å²) in [5.74, 6) is 16.0. The van der Waals surface area contributed by atoms with Gasteiger partial charge in [0.25, 0.3) is 0 Å². The highest BCUT2D eigenvalue weighted by Crippen LogP contribution is 2.26. The number of ketones is 3. The van der Waals surface area contributed by atoms with Crippen LogP contribution >= 0.6 is 0 Å². The fourth-order valence-corrected chi connectivity index (χ4v) is 24.4. The zero-order chi connectivity index (χ0) is 78.3. The number of esters is 1. The molecule has 0 amide bonds. The molecule has 0 saturated carbocycles. The number of ether oxygens (including phenoxy) is 2. The average Bonchev–Trinajstić information content (AvgIpc) is 1.84. The molecule has 9 aliphatic rings. The molecule has 4 aromatic carbocycles. The number of rotatable bonds is 18. The molecule has 1 unspecified atom stereocenters. The number of carbonyl (C=O) groups is 4. The quantitative estimate of drug-likeness (QED) is 0.0422. The average molecular weight is 1650 g/mol. The Balaban J connectivity index is 0.000000224. The van der Waals surface area contributed by atoms with Gasteiger partial charge in [0, 0.05) is 61.0 Å². The Hall–Kier alpha value is -3.44. The number of aryl methyl sites for hydroxylation is 1. The van der Waals surface area contributed by atoms with Crippen LogP contribution in [0.1, 0.15) is 195 Å². The summed E-state index contributed by atoms with van der Waals surface area (Å²) in [5.41, 5.74) is 9.31. The summed E-state index contributed by atoms with van der Waals surface area (Å²) in [7, 11) is 17.1. The first-order chi connectivity index (χ1) is 51.6. The van der Waals surface area contributed by atoms with Gasteiger partial charge in [0.2, 0.25) is 11.6 Å². The fraction of sp³-hybridized carbons (Fsp3) is 0.689. The number of phenolic OH excluding ortho intramolecular Hbond substituents is 1. The number of carbonyl (C=O) groups excluding carboxylic acids is 4. The van der Waals surface area contributed by atoms with Crippen LogP contribution in [0.25, 0.3) is 0 Å². The maximum absolute atomic E-state index is 11.8. The first-order valence-electron chi connectivity index (χ1n) is 41.6. The lowest BCUT2D eigenvalue weighted by molar-refractivity contribution is -0.897. The lowest BCUT2D eigenvalue weighted by Crippen LogP contribution is -3.00. The largest absolute Gasteiger partial charge is 1.00 e. The number of quaternary nitrogens is 1. The summed E-state index contributed by atoms with van der Waals surface area (Å²) >= 11 is 0. The van der Waals surface area contributed by atoms with E-state index in [9.17, 15) is 19.2 Å². The molecule has 13 rings (SSSR count). The smallest absolute Gasteiger partial charge is 0.323 e. The minimum atomic E-state index is -0.641. The summed E-state index contributed by atoms with van der Waals surface area (Å²) in [5, 5.41) is 9.11. The SMILES string of the molecule is CC(C)(C)C(=O)C[S+]1CCCC1.CN1CCC(N2CCCC2)CC1.CN1CCC(N2CCCCC2)CC1.CN1CCC([N+](C)(C)C)CC1.COc1ccc(CC(N)C(=O)OC(C)(C)C)cc1.O=C(C[S+]1CCCC1)c1ccc(O)cc1.O=C(C[S+]1CCCC1)c1ccccc1.[Br-].c1ccc(CC[S+]2CCCC2)cc1. The van der Waals surface area contributed by atoms with E-state index < -0.39 is 11.6 Å². The number of methoxy groups -OCH3 is 1. The van der Waals surface area contributed by atoms with Crippen LogP contribution in [0.2, 0.25) is 0 Å². The lowest BCUT2D eigenvalue weighted by atomic mass is 9.92. The van der Waals surface area contributed by atoms with Crippen molar-refractivity contribution in [1.82, 2.24) is 24.5 Å². The van der Waals surface area contributed by atoms with Gasteiger partial charge in [-0.25, -0.2) is 0 Å². The Kier molecular flexibility index (Phi) is 46.0. The van der Waals surface area contributed by atoms with Gasteiger partial charge in [-0.1, -0.05) is 100.0 Å². The zero-order valence-electron chi connectivity index (χ0n) is 70.3. The van der Waals surface area contributed by atoms with Gasteiger partial charge < -0.3 is 66.3 Å². The van der Waals surface area contributed by atoms with Crippen LogP contribution in [0.15, 0.2) is 109 Å². The van der Waals surface area contributed by atoms with Gasteiger partial charge in [-0.05, 0) is 295 Å². The van der Waals surface area contributed by atoms with E-state index in [0.29, 0.717) is 56.4 Å². The van der Waals surface area contributed by atoms with Crippen LogP contribution < -0.4 is 27.5 Å². The summed E-state index contributed by atoms with van der Waals surface area (Å²) in [6.07, 6.45) is 28.2. The van der Waals surface area contributed by atoms with Crippen molar-refractivity contribution in [3.05, 3.63) is 131 Å². The predicted molar refractivity (Wildman–Crippen MR) is 469 cm³/mol. The van der Waals surface area contributed by atoms with Gasteiger partial charge in [0.15, 0.2) is 23.0 Å². The van der Waals surface area contributed by atoms with Crippen LogP contribution in [-0.4, -0.2) is 271 Å². The Morgan fingerprint density at radius 3 is 1.25 bits per heavy atom. The fourth-order valence-electron chi connectivity index (χ4n) is 15.0. The van der Waals surface area contributed by atoms with Crippen molar-refractivity contribution < 1.29 is 55.2 Å². The number of hydrogen-bond acceptors (Lipinski definition) is 13. The van der Waals surface area contributed by atoms with Crippen LogP contribution in [-0.2, 0) is 70.7 Å². The summed E-state index contributed by atoms with van der Waals surface area (Å²) in [6, 6.07) is 36.7. The van der Waals surface area contributed by atoms with Crippen molar-refractivity contribution in [3.8, 4) is 11.5 Å². The predicted octanol–water partition coefficient (Wildman–Crippen LogP) is 11.4. The maximum Gasteiger partial charge on any atom is 0.323 e. The number of likely N-dealkylation sites (tertiary alicyclic amines) is 5. The minimum absolute atomic E-state index is 0. The van der Waals surface area contributed by atoms with Gasteiger partial charge in [0.05, 0.1) is 34.3 Å². The molecule has 9 saturated heterocycles. The van der Waals surface area contributed by atoms with E-state index in [4.69, 9.17) is 20.3 Å². The van der Waals surface area contributed by atoms with E-state index in [1.807, 2.05) is 96.1 Å². The number of hydrogen-bond donors (Lipinski definition) is 2. The molecular formula is C90H150BrN7O7S4+4. The minimum Gasteiger partial charge on any atom is -1.00 e. The molecule has 4 aromatic rings. The first kappa shape index (κ1) is 96.1. The van der Waals surface area contributed by atoms with Crippen LogP contribution in [0.5, 0.6) is 11.5 Å². The van der Waals surface area contributed by atoms with Gasteiger partial charge in [-0.15, -0.1) is 0 Å². The van der Waals surface area contributed by atoms with Crippen molar-refractivity contribution in [2.75, 3.05) is 184 Å². The highest BCUT2D eigenvalue weighted by atomic mass is 79.9. The number of aromatic hydroxyl groups is 1.